The Kier molecular flexibility index (Phi) is 6.90. The van der Waals surface area contributed by atoms with Gasteiger partial charge in [-0.05, 0) is 54.6 Å². The number of rotatable bonds is 12. The van der Waals surface area contributed by atoms with E-state index in [1.165, 1.54) is 18.2 Å². The van der Waals surface area contributed by atoms with Gasteiger partial charge >= 0.3 is 7.82 Å². The molecule has 152 valence electrons. The van der Waals surface area contributed by atoms with E-state index in [2.05, 4.69) is 19.7 Å². The molecule has 0 aliphatic carbocycles. The predicted molar refractivity (Wildman–Crippen MR) is 112 cm³/mol. The van der Waals surface area contributed by atoms with Gasteiger partial charge in [-0.25, -0.2) is 4.57 Å². The van der Waals surface area contributed by atoms with E-state index in [-0.39, 0.29) is 0 Å². The van der Waals surface area contributed by atoms with Crippen molar-refractivity contribution in [3.8, 4) is 0 Å². The monoisotopic (exact) mass is 413 g/mol. The molecule has 0 spiro atoms. The zero-order valence-corrected chi connectivity index (χ0v) is 16.8. The highest BCUT2D eigenvalue weighted by atomic mass is 31.2. The first-order valence-electron chi connectivity index (χ1n) is 8.99. The van der Waals surface area contributed by atoms with Crippen LogP contribution in [0.2, 0.25) is 0 Å². The molecule has 0 bridgehead atoms. The van der Waals surface area contributed by atoms with Crippen LogP contribution in [0.4, 0.5) is 0 Å². The average Bonchev–Trinajstić information content (AvgIpc) is 3.51. The maximum absolute atomic E-state index is 13.8. The summed E-state index contributed by atoms with van der Waals surface area (Å²) in [6.45, 7) is 11.3. The third kappa shape index (κ3) is 5.16. The molecule has 0 amide bonds. The first-order valence-corrected chi connectivity index (χ1v) is 10.4. The number of hydrogen-bond donors (Lipinski definition) is 0. The van der Waals surface area contributed by atoms with E-state index in [0.29, 0.717) is 0 Å². The van der Waals surface area contributed by atoms with Gasteiger partial charge in [-0.1, -0.05) is 19.7 Å². The Balaban J connectivity index is 1.90. The van der Waals surface area contributed by atoms with E-state index in [9.17, 15) is 4.57 Å². The molecule has 0 radical (unpaired) electrons. The minimum atomic E-state index is -4.14. The van der Waals surface area contributed by atoms with E-state index in [0.717, 1.165) is 0 Å². The molecule has 0 fully saturated rings. The smallest absolute Gasteiger partial charge is 0.325 e. The predicted octanol–water partition coefficient (Wildman–Crippen LogP) is 5.70. The van der Waals surface area contributed by atoms with E-state index in [4.69, 9.17) is 13.6 Å². The first kappa shape index (κ1) is 20.9. The number of aromatic nitrogens is 3. The fourth-order valence-corrected chi connectivity index (χ4v) is 4.21. The summed E-state index contributed by atoms with van der Waals surface area (Å²) in [4.78, 5) is 0. The molecule has 0 saturated carbocycles. The Morgan fingerprint density at radius 3 is 1.03 bits per heavy atom. The second-order valence-electron chi connectivity index (χ2n) is 6.03. The zero-order valence-electron chi connectivity index (χ0n) is 15.9. The summed E-state index contributed by atoms with van der Waals surface area (Å²) in [5.41, 5.74) is 0. The Labute approximate surface area is 170 Å². The van der Waals surface area contributed by atoms with Crippen molar-refractivity contribution in [3.05, 3.63) is 112 Å². The van der Waals surface area contributed by atoms with Gasteiger partial charge in [-0.3, -0.25) is 13.6 Å². The molecule has 0 aliphatic heterocycles. The quantitative estimate of drug-likeness (QED) is 0.282. The van der Waals surface area contributed by atoms with Crippen molar-refractivity contribution >= 4 is 7.82 Å². The van der Waals surface area contributed by atoms with Crippen LogP contribution < -0.4 is 0 Å². The zero-order chi connectivity index (χ0) is 20.7. The van der Waals surface area contributed by atoms with Crippen molar-refractivity contribution in [1.82, 2.24) is 13.7 Å². The third-order valence-corrected chi connectivity index (χ3v) is 5.50. The lowest BCUT2D eigenvalue weighted by Gasteiger charge is -2.28. The van der Waals surface area contributed by atoms with Gasteiger partial charge < -0.3 is 13.7 Å². The van der Waals surface area contributed by atoms with Crippen LogP contribution in [-0.2, 0) is 18.1 Å². The molecule has 7 nitrogen and oxygen atoms in total. The lowest BCUT2D eigenvalue weighted by molar-refractivity contribution is 0.0143. The molecule has 0 N–H and O–H groups in total. The summed E-state index contributed by atoms with van der Waals surface area (Å²) in [6, 6.07) is 10.9. The molecule has 29 heavy (non-hydrogen) atoms. The van der Waals surface area contributed by atoms with Crippen molar-refractivity contribution in [2.75, 3.05) is 0 Å². The van der Waals surface area contributed by atoms with Crippen LogP contribution in [0.15, 0.2) is 112 Å². The Bertz CT molecular complexity index is 824. The fraction of sp³-hybridized carbons (Fsp3) is 0.143. The Morgan fingerprint density at radius 1 is 0.586 bits per heavy atom. The molecule has 0 saturated heterocycles. The van der Waals surface area contributed by atoms with Crippen LogP contribution in [0.1, 0.15) is 18.7 Å². The van der Waals surface area contributed by atoms with Crippen molar-refractivity contribution in [3.63, 3.8) is 0 Å². The summed E-state index contributed by atoms with van der Waals surface area (Å²) in [5, 5.41) is 0. The van der Waals surface area contributed by atoms with Crippen molar-refractivity contribution in [2.24, 2.45) is 0 Å². The van der Waals surface area contributed by atoms with Crippen LogP contribution in [0.3, 0.4) is 0 Å². The fourth-order valence-electron chi connectivity index (χ4n) is 2.68. The van der Waals surface area contributed by atoms with Crippen LogP contribution in [-0.4, -0.2) is 13.7 Å². The molecular weight excluding hydrogens is 389 g/mol. The van der Waals surface area contributed by atoms with Crippen LogP contribution in [0.25, 0.3) is 0 Å². The molecule has 0 aliphatic rings. The minimum Gasteiger partial charge on any atom is -0.325 e. The molecule has 3 atom stereocenters. The van der Waals surface area contributed by atoms with Crippen LogP contribution in [0.5, 0.6) is 0 Å². The van der Waals surface area contributed by atoms with E-state index in [1.54, 1.807) is 50.9 Å². The van der Waals surface area contributed by atoms with Crippen molar-refractivity contribution < 1.29 is 18.1 Å². The van der Waals surface area contributed by atoms with Crippen LogP contribution in [0, 0.1) is 0 Å². The molecule has 3 heterocycles. The van der Waals surface area contributed by atoms with Gasteiger partial charge in [-0.15, -0.1) is 0 Å². The maximum Gasteiger partial charge on any atom is 0.481 e. The third-order valence-electron chi connectivity index (χ3n) is 4.08. The minimum absolute atomic E-state index is 0.763. The largest absolute Gasteiger partial charge is 0.481 e. The number of hydrogen-bond acceptors (Lipinski definition) is 4. The molecule has 8 heteroatoms. The normalized spacial score (nSPS) is 16.4. The second kappa shape index (κ2) is 9.58. The molecule has 3 rings (SSSR count). The van der Waals surface area contributed by atoms with Crippen molar-refractivity contribution in [1.29, 1.82) is 0 Å². The van der Waals surface area contributed by atoms with Gasteiger partial charge in [0.15, 0.2) is 18.7 Å². The van der Waals surface area contributed by atoms with E-state index in [1.807, 2.05) is 36.4 Å². The number of nitrogens with zero attached hydrogens (tertiary/aromatic N) is 3. The van der Waals surface area contributed by atoms with Gasteiger partial charge in [0.1, 0.15) is 0 Å². The summed E-state index contributed by atoms with van der Waals surface area (Å²) in [6.07, 6.45) is 12.9. The number of phosphoric acid groups is 1. The highest BCUT2D eigenvalue weighted by Crippen LogP contribution is 2.57. The standard InChI is InChI=1S/C21H24N3O4P/c1-4-19(22-13-7-8-14-22)26-29(25,27-20(5-2)23-15-9-10-16-23)28-21(6-3)24-17-11-12-18-24/h4-21H,1-3H2. The lowest BCUT2D eigenvalue weighted by Crippen LogP contribution is -2.16. The molecule has 3 aromatic heterocycles. The summed E-state index contributed by atoms with van der Waals surface area (Å²) >= 11 is 0. The van der Waals surface area contributed by atoms with E-state index < -0.39 is 26.5 Å². The summed E-state index contributed by atoms with van der Waals surface area (Å²) in [5.74, 6) is 0. The number of phosphoric ester groups is 1. The van der Waals surface area contributed by atoms with Gasteiger partial charge in [0.05, 0.1) is 0 Å². The van der Waals surface area contributed by atoms with Gasteiger partial charge in [-0.2, -0.15) is 0 Å². The highest BCUT2D eigenvalue weighted by Gasteiger charge is 2.36. The molecule has 0 aromatic carbocycles. The summed E-state index contributed by atoms with van der Waals surface area (Å²) in [7, 11) is -4.14. The highest BCUT2D eigenvalue weighted by molar-refractivity contribution is 7.48. The second-order valence-corrected chi connectivity index (χ2v) is 7.56. The van der Waals surface area contributed by atoms with Gasteiger partial charge in [0, 0.05) is 37.2 Å². The Morgan fingerprint density at radius 2 is 0.828 bits per heavy atom. The molecule has 3 unspecified atom stereocenters. The first-order chi connectivity index (χ1) is 14.1. The molecule has 3 aromatic rings. The maximum atomic E-state index is 13.8. The van der Waals surface area contributed by atoms with Gasteiger partial charge in [0.2, 0.25) is 0 Å². The Hall–Kier alpha value is -2.83. The SMILES string of the molecule is C=CC(OP(=O)(OC(C=C)n1cccc1)OC(C=C)n1cccc1)n1cccc1. The lowest BCUT2D eigenvalue weighted by atomic mass is 10.5. The van der Waals surface area contributed by atoms with Crippen LogP contribution >= 0.6 is 7.82 Å². The van der Waals surface area contributed by atoms with E-state index >= 15 is 0 Å². The average molecular weight is 413 g/mol. The summed E-state index contributed by atoms with van der Waals surface area (Å²) < 4.78 is 36.3. The van der Waals surface area contributed by atoms with Gasteiger partial charge in [0.25, 0.3) is 0 Å². The topological polar surface area (TPSA) is 59.5 Å². The van der Waals surface area contributed by atoms with Crippen molar-refractivity contribution in [2.45, 2.75) is 18.7 Å². The molecular formula is C21H24N3O4P.